The van der Waals surface area contributed by atoms with Crippen LogP contribution >= 0.6 is 24.0 Å². The molecule has 1 aliphatic heterocycles. The summed E-state index contributed by atoms with van der Waals surface area (Å²) in [5, 5.41) is 9.50. The van der Waals surface area contributed by atoms with Gasteiger partial charge in [-0.3, -0.25) is 9.79 Å². The normalized spacial score (nSPS) is 13.9. The monoisotopic (exact) mass is 523 g/mol. The lowest BCUT2D eigenvalue weighted by atomic mass is 10.1. The third-order valence-electron chi connectivity index (χ3n) is 4.91. The predicted molar refractivity (Wildman–Crippen MR) is 132 cm³/mol. The number of methoxy groups -OCH3 is 1. The molecule has 1 aliphatic rings. The van der Waals surface area contributed by atoms with Crippen LogP contribution in [-0.2, 0) is 17.9 Å². The number of anilines is 1. The Balaban J connectivity index is 0.00000320. The van der Waals surface area contributed by atoms with Crippen LogP contribution in [0.25, 0.3) is 0 Å². The smallest absolute Gasteiger partial charge is 0.239 e. The SMILES string of the molecule is CN=C(NCc1ccc(N2CCNC(=O)C2)cc1)NCc1ccc(C)cc1OC.I. The molecule has 162 valence electrons. The standard InChI is InChI=1S/C22H29N5O2.HI/c1-16-4-7-18(20(12-16)29-3)14-26-22(23-2)25-13-17-5-8-19(9-6-17)27-11-10-24-21(28)15-27;/h4-9,12H,10-11,13-15H2,1-3H3,(H,24,28)(H2,23,25,26);1H. The molecule has 1 fully saturated rings. The third-order valence-corrected chi connectivity index (χ3v) is 4.91. The number of carbonyl (C=O) groups is 1. The second-order valence-corrected chi connectivity index (χ2v) is 7.03. The number of ether oxygens (including phenoxy) is 1. The number of guanidine groups is 1. The van der Waals surface area contributed by atoms with Gasteiger partial charge in [-0.15, -0.1) is 24.0 Å². The van der Waals surface area contributed by atoms with Gasteiger partial charge in [0.05, 0.1) is 13.7 Å². The largest absolute Gasteiger partial charge is 0.496 e. The van der Waals surface area contributed by atoms with Gasteiger partial charge in [0.25, 0.3) is 0 Å². The van der Waals surface area contributed by atoms with Crippen molar-refractivity contribution in [3.8, 4) is 5.75 Å². The summed E-state index contributed by atoms with van der Waals surface area (Å²) in [6.07, 6.45) is 0. The number of halogens is 1. The van der Waals surface area contributed by atoms with Gasteiger partial charge >= 0.3 is 0 Å². The third kappa shape index (κ3) is 6.51. The number of aryl methyl sites for hydroxylation is 1. The van der Waals surface area contributed by atoms with Crippen molar-refractivity contribution in [3.63, 3.8) is 0 Å². The van der Waals surface area contributed by atoms with Crippen LogP contribution in [0, 0.1) is 6.92 Å². The van der Waals surface area contributed by atoms with E-state index >= 15 is 0 Å². The number of nitrogens with zero attached hydrogens (tertiary/aromatic N) is 2. The first-order chi connectivity index (χ1) is 14.1. The number of hydrogen-bond acceptors (Lipinski definition) is 4. The lowest BCUT2D eigenvalue weighted by Crippen LogP contribution is -2.47. The van der Waals surface area contributed by atoms with Crippen LogP contribution in [0.15, 0.2) is 47.5 Å². The second kappa shape index (κ2) is 11.6. The highest BCUT2D eigenvalue weighted by Gasteiger charge is 2.16. The Kier molecular flexibility index (Phi) is 9.22. The van der Waals surface area contributed by atoms with E-state index in [1.165, 1.54) is 5.56 Å². The van der Waals surface area contributed by atoms with E-state index in [1.54, 1.807) is 14.2 Å². The average Bonchev–Trinajstić information content (AvgIpc) is 2.75. The minimum atomic E-state index is 0. The van der Waals surface area contributed by atoms with Crippen molar-refractivity contribution in [3.05, 3.63) is 59.2 Å². The van der Waals surface area contributed by atoms with Crippen LogP contribution in [0.3, 0.4) is 0 Å². The Hall–Kier alpha value is -2.49. The molecule has 3 rings (SSSR count). The molecule has 0 saturated carbocycles. The Bertz CT molecular complexity index is 870. The molecule has 3 N–H and O–H groups in total. The molecule has 2 aromatic rings. The van der Waals surface area contributed by atoms with Crippen molar-refractivity contribution < 1.29 is 9.53 Å². The maximum atomic E-state index is 11.6. The number of benzene rings is 2. The first-order valence-electron chi connectivity index (χ1n) is 9.77. The molecule has 2 aromatic carbocycles. The predicted octanol–water partition coefficient (Wildman–Crippen LogP) is 2.42. The number of piperazine rings is 1. The maximum Gasteiger partial charge on any atom is 0.239 e. The zero-order chi connectivity index (χ0) is 20.6. The van der Waals surface area contributed by atoms with E-state index in [0.29, 0.717) is 26.2 Å². The van der Waals surface area contributed by atoms with Crippen LogP contribution < -0.4 is 25.6 Å². The van der Waals surface area contributed by atoms with Gasteiger partial charge in [-0.2, -0.15) is 0 Å². The molecule has 8 heteroatoms. The molecule has 7 nitrogen and oxygen atoms in total. The fraction of sp³-hybridized carbons (Fsp3) is 0.364. The van der Waals surface area contributed by atoms with Crippen LogP contribution in [0.5, 0.6) is 5.75 Å². The summed E-state index contributed by atoms with van der Waals surface area (Å²) in [4.78, 5) is 17.9. The Morgan fingerprint density at radius 1 is 1.17 bits per heavy atom. The van der Waals surface area contributed by atoms with Crippen LogP contribution in [0.4, 0.5) is 5.69 Å². The highest BCUT2D eigenvalue weighted by molar-refractivity contribution is 14.0. The van der Waals surface area contributed by atoms with Crippen molar-refractivity contribution in [1.29, 1.82) is 0 Å². The zero-order valence-electron chi connectivity index (χ0n) is 17.7. The second-order valence-electron chi connectivity index (χ2n) is 7.03. The maximum absolute atomic E-state index is 11.6. The molecular weight excluding hydrogens is 493 g/mol. The molecule has 0 bridgehead atoms. The summed E-state index contributed by atoms with van der Waals surface area (Å²) in [5.41, 5.74) is 4.46. The average molecular weight is 523 g/mol. The van der Waals surface area contributed by atoms with Gasteiger partial charge in [0.2, 0.25) is 5.91 Å². The minimum Gasteiger partial charge on any atom is -0.496 e. The molecule has 0 unspecified atom stereocenters. The van der Waals surface area contributed by atoms with E-state index < -0.39 is 0 Å². The lowest BCUT2D eigenvalue weighted by Gasteiger charge is -2.28. The number of aliphatic imine (C=N–C) groups is 1. The first-order valence-corrected chi connectivity index (χ1v) is 9.77. The van der Waals surface area contributed by atoms with Gasteiger partial charge in [0.15, 0.2) is 5.96 Å². The van der Waals surface area contributed by atoms with Crippen LogP contribution in [-0.4, -0.2) is 45.7 Å². The number of nitrogens with one attached hydrogen (secondary N) is 3. The van der Waals surface area contributed by atoms with Crippen LogP contribution in [0.2, 0.25) is 0 Å². The summed E-state index contributed by atoms with van der Waals surface area (Å²) in [7, 11) is 3.44. The molecule has 1 amide bonds. The molecule has 0 atom stereocenters. The van der Waals surface area contributed by atoms with Crippen molar-refractivity contribution in [2.24, 2.45) is 4.99 Å². The molecule has 0 radical (unpaired) electrons. The fourth-order valence-corrected chi connectivity index (χ4v) is 3.27. The molecular formula is C22H30IN5O2. The van der Waals surface area contributed by atoms with E-state index in [2.05, 4.69) is 62.2 Å². The summed E-state index contributed by atoms with van der Waals surface area (Å²) in [5.74, 6) is 1.67. The molecule has 30 heavy (non-hydrogen) atoms. The van der Waals surface area contributed by atoms with E-state index in [1.807, 2.05) is 13.0 Å². The molecule has 1 saturated heterocycles. The highest BCUT2D eigenvalue weighted by Crippen LogP contribution is 2.19. The Morgan fingerprint density at radius 2 is 1.90 bits per heavy atom. The van der Waals surface area contributed by atoms with Crippen LogP contribution in [0.1, 0.15) is 16.7 Å². The van der Waals surface area contributed by atoms with Gasteiger partial charge < -0.3 is 25.6 Å². The Labute approximate surface area is 195 Å². The number of amides is 1. The minimum absolute atomic E-state index is 0. The lowest BCUT2D eigenvalue weighted by molar-refractivity contribution is -0.120. The summed E-state index contributed by atoms with van der Waals surface area (Å²) < 4.78 is 5.46. The number of carbonyl (C=O) groups excluding carboxylic acids is 1. The summed E-state index contributed by atoms with van der Waals surface area (Å²) in [6.45, 7) is 5.27. The van der Waals surface area contributed by atoms with E-state index in [0.717, 1.165) is 35.1 Å². The van der Waals surface area contributed by atoms with Crippen molar-refractivity contribution in [1.82, 2.24) is 16.0 Å². The number of rotatable bonds is 6. The van der Waals surface area contributed by atoms with E-state index in [-0.39, 0.29) is 29.9 Å². The van der Waals surface area contributed by atoms with Gasteiger partial charge in [-0.25, -0.2) is 0 Å². The topological polar surface area (TPSA) is 78.0 Å². The molecule has 1 heterocycles. The van der Waals surface area contributed by atoms with Gasteiger partial charge in [0.1, 0.15) is 5.75 Å². The molecule has 0 spiro atoms. The van der Waals surface area contributed by atoms with Crippen molar-refractivity contribution in [2.75, 3.05) is 38.7 Å². The zero-order valence-corrected chi connectivity index (χ0v) is 20.0. The van der Waals surface area contributed by atoms with Crippen molar-refractivity contribution in [2.45, 2.75) is 20.0 Å². The van der Waals surface area contributed by atoms with Gasteiger partial charge in [-0.1, -0.05) is 24.3 Å². The molecule has 0 aromatic heterocycles. The molecule has 0 aliphatic carbocycles. The van der Waals surface area contributed by atoms with Gasteiger partial charge in [0, 0.05) is 44.5 Å². The van der Waals surface area contributed by atoms with E-state index in [4.69, 9.17) is 4.74 Å². The number of hydrogen-bond donors (Lipinski definition) is 3. The fourth-order valence-electron chi connectivity index (χ4n) is 3.27. The van der Waals surface area contributed by atoms with Crippen molar-refractivity contribution >= 4 is 41.5 Å². The summed E-state index contributed by atoms with van der Waals surface area (Å²) in [6, 6.07) is 14.4. The first kappa shape index (κ1) is 23.8. The summed E-state index contributed by atoms with van der Waals surface area (Å²) >= 11 is 0. The quantitative estimate of drug-likeness (QED) is 0.308. The Morgan fingerprint density at radius 3 is 2.57 bits per heavy atom. The highest BCUT2D eigenvalue weighted by atomic mass is 127. The van der Waals surface area contributed by atoms with Gasteiger partial charge in [-0.05, 0) is 36.2 Å². The van der Waals surface area contributed by atoms with E-state index in [9.17, 15) is 4.79 Å².